The monoisotopic (exact) mass is 333 g/mol. The average molecular weight is 334 g/mol. The standard InChI is InChI=1S/C13H11BrF3NO/c14-10-5-3-4-9(13(15,16)17)11(10)12(18-8-19)6-1-2-7-12/h3-5H,1-2,6-7H2. The molecular weight excluding hydrogens is 323 g/mol. The molecule has 1 aromatic rings. The lowest BCUT2D eigenvalue weighted by Gasteiger charge is -2.27. The van der Waals surface area contributed by atoms with E-state index in [1.807, 2.05) is 0 Å². The maximum Gasteiger partial charge on any atom is 0.416 e. The number of hydrogen-bond acceptors (Lipinski definition) is 2. The molecule has 0 radical (unpaired) electrons. The Balaban J connectivity index is 2.69. The number of hydrogen-bond donors (Lipinski definition) is 0. The molecule has 2 nitrogen and oxygen atoms in total. The summed E-state index contributed by atoms with van der Waals surface area (Å²) in [5.41, 5.74) is -1.77. The minimum atomic E-state index is -4.47. The van der Waals surface area contributed by atoms with E-state index in [1.165, 1.54) is 12.1 Å². The van der Waals surface area contributed by atoms with E-state index in [2.05, 4.69) is 20.9 Å². The minimum absolute atomic E-state index is 0.0587. The van der Waals surface area contributed by atoms with Crippen molar-refractivity contribution in [1.29, 1.82) is 0 Å². The third-order valence-corrected chi connectivity index (χ3v) is 4.14. The van der Waals surface area contributed by atoms with Crippen molar-refractivity contribution in [3.63, 3.8) is 0 Å². The summed E-state index contributed by atoms with van der Waals surface area (Å²) >= 11 is 3.17. The van der Waals surface area contributed by atoms with E-state index in [0.29, 0.717) is 17.3 Å². The first-order valence-electron chi connectivity index (χ1n) is 5.86. The van der Waals surface area contributed by atoms with Crippen molar-refractivity contribution >= 4 is 22.0 Å². The van der Waals surface area contributed by atoms with Crippen LogP contribution in [-0.2, 0) is 16.5 Å². The molecule has 1 aliphatic carbocycles. The van der Waals surface area contributed by atoms with Gasteiger partial charge in [-0.1, -0.05) is 34.8 Å². The summed E-state index contributed by atoms with van der Waals surface area (Å²) in [5, 5.41) is 0. The predicted octanol–water partition coefficient (Wildman–Crippen LogP) is 4.57. The molecule has 0 aromatic heterocycles. The molecule has 0 saturated heterocycles. The molecule has 0 heterocycles. The number of isocyanates is 1. The van der Waals surface area contributed by atoms with Gasteiger partial charge in [-0.15, -0.1) is 0 Å². The normalized spacial score (nSPS) is 18.1. The number of alkyl halides is 3. The zero-order valence-electron chi connectivity index (χ0n) is 9.93. The Morgan fingerprint density at radius 3 is 2.42 bits per heavy atom. The Kier molecular flexibility index (Phi) is 3.83. The Morgan fingerprint density at radius 1 is 1.26 bits per heavy atom. The van der Waals surface area contributed by atoms with Crippen LogP contribution in [0.2, 0.25) is 0 Å². The van der Waals surface area contributed by atoms with Gasteiger partial charge in [-0.25, -0.2) is 4.79 Å². The van der Waals surface area contributed by atoms with Crippen LogP contribution in [0.4, 0.5) is 13.2 Å². The fraction of sp³-hybridized carbons (Fsp3) is 0.462. The Bertz CT molecular complexity index is 529. The number of benzene rings is 1. The van der Waals surface area contributed by atoms with Crippen LogP contribution in [0.25, 0.3) is 0 Å². The van der Waals surface area contributed by atoms with Crippen LogP contribution in [0, 0.1) is 0 Å². The number of carbonyl (C=O) groups excluding carboxylic acids is 1. The van der Waals surface area contributed by atoms with Gasteiger partial charge in [-0.3, -0.25) is 0 Å². The highest BCUT2D eigenvalue weighted by molar-refractivity contribution is 9.10. The van der Waals surface area contributed by atoms with Gasteiger partial charge in [0.25, 0.3) is 0 Å². The zero-order valence-corrected chi connectivity index (χ0v) is 11.5. The molecule has 6 heteroatoms. The highest BCUT2D eigenvalue weighted by Gasteiger charge is 2.44. The van der Waals surface area contributed by atoms with Crippen molar-refractivity contribution in [2.75, 3.05) is 0 Å². The second kappa shape index (κ2) is 5.10. The van der Waals surface area contributed by atoms with Gasteiger partial charge in [0.1, 0.15) is 0 Å². The summed E-state index contributed by atoms with van der Waals surface area (Å²) in [6, 6.07) is 3.91. The Hall–Kier alpha value is -1.13. The van der Waals surface area contributed by atoms with Crippen molar-refractivity contribution in [1.82, 2.24) is 0 Å². The molecule has 0 unspecified atom stereocenters. The molecule has 1 aliphatic rings. The van der Waals surface area contributed by atoms with Crippen LogP contribution in [0.3, 0.4) is 0 Å². The molecular formula is C13H11BrF3NO. The average Bonchev–Trinajstić information content (AvgIpc) is 2.77. The fourth-order valence-corrected chi connectivity index (χ4v) is 3.43. The van der Waals surface area contributed by atoms with Crippen molar-refractivity contribution < 1.29 is 18.0 Å². The lowest BCUT2D eigenvalue weighted by molar-refractivity contribution is -0.138. The molecule has 0 spiro atoms. The van der Waals surface area contributed by atoms with E-state index in [-0.39, 0.29) is 5.56 Å². The molecule has 19 heavy (non-hydrogen) atoms. The predicted molar refractivity (Wildman–Crippen MR) is 67.4 cm³/mol. The van der Waals surface area contributed by atoms with Crippen LogP contribution in [0.5, 0.6) is 0 Å². The topological polar surface area (TPSA) is 29.4 Å². The summed E-state index contributed by atoms with van der Waals surface area (Å²) in [4.78, 5) is 14.3. The Labute approximate surface area is 116 Å². The first-order valence-corrected chi connectivity index (χ1v) is 6.65. The quantitative estimate of drug-likeness (QED) is 0.575. The highest BCUT2D eigenvalue weighted by atomic mass is 79.9. The number of aliphatic imine (C=N–C) groups is 1. The van der Waals surface area contributed by atoms with Gasteiger partial charge in [0.05, 0.1) is 11.1 Å². The van der Waals surface area contributed by atoms with Gasteiger partial charge >= 0.3 is 6.18 Å². The van der Waals surface area contributed by atoms with E-state index in [9.17, 15) is 18.0 Å². The third-order valence-electron chi connectivity index (χ3n) is 3.47. The van der Waals surface area contributed by atoms with Crippen LogP contribution >= 0.6 is 15.9 Å². The number of rotatable bonds is 2. The van der Waals surface area contributed by atoms with Crippen LogP contribution < -0.4 is 0 Å². The summed E-state index contributed by atoms with van der Waals surface area (Å²) in [5.74, 6) is 0. The lowest BCUT2D eigenvalue weighted by atomic mass is 9.85. The molecule has 0 atom stereocenters. The van der Waals surface area contributed by atoms with Crippen molar-refractivity contribution in [2.24, 2.45) is 4.99 Å². The highest BCUT2D eigenvalue weighted by Crippen LogP contribution is 2.49. The fourth-order valence-electron chi connectivity index (χ4n) is 2.70. The van der Waals surface area contributed by atoms with Crippen LogP contribution in [0.1, 0.15) is 36.8 Å². The van der Waals surface area contributed by atoms with Crippen molar-refractivity contribution in [3.05, 3.63) is 33.8 Å². The van der Waals surface area contributed by atoms with Crippen LogP contribution in [0.15, 0.2) is 27.7 Å². The zero-order chi connectivity index (χ0) is 14.1. The minimum Gasteiger partial charge on any atom is -0.211 e. The molecule has 102 valence electrons. The maximum atomic E-state index is 13.1. The van der Waals surface area contributed by atoms with Gasteiger partial charge in [0, 0.05) is 10.0 Å². The van der Waals surface area contributed by atoms with Gasteiger partial charge in [0.15, 0.2) is 0 Å². The molecule has 0 N–H and O–H groups in total. The summed E-state index contributed by atoms with van der Waals surface area (Å²) in [6.07, 6.45) is -0.639. The second-order valence-electron chi connectivity index (χ2n) is 4.60. The second-order valence-corrected chi connectivity index (χ2v) is 5.46. The van der Waals surface area contributed by atoms with Gasteiger partial charge in [-0.2, -0.15) is 18.2 Å². The van der Waals surface area contributed by atoms with E-state index >= 15 is 0 Å². The SMILES string of the molecule is O=C=NC1(c2c(Br)cccc2C(F)(F)F)CCCC1. The molecule has 0 bridgehead atoms. The molecule has 2 rings (SSSR count). The van der Waals surface area contributed by atoms with E-state index in [4.69, 9.17) is 0 Å². The molecule has 0 amide bonds. The molecule has 1 aromatic carbocycles. The van der Waals surface area contributed by atoms with E-state index < -0.39 is 17.3 Å². The van der Waals surface area contributed by atoms with Crippen molar-refractivity contribution in [3.8, 4) is 0 Å². The molecule has 0 aliphatic heterocycles. The van der Waals surface area contributed by atoms with Crippen molar-refractivity contribution in [2.45, 2.75) is 37.4 Å². The first kappa shape index (κ1) is 14.3. The number of nitrogens with zero attached hydrogens (tertiary/aromatic N) is 1. The third kappa shape index (κ3) is 2.60. The summed E-state index contributed by atoms with van der Waals surface area (Å²) in [6.45, 7) is 0. The lowest BCUT2D eigenvalue weighted by Crippen LogP contribution is -2.25. The first-order chi connectivity index (χ1) is 8.91. The molecule has 1 fully saturated rings. The van der Waals surface area contributed by atoms with E-state index in [1.54, 1.807) is 6.07 Å². The van der Waals surface area contributed by atoms with Gasteiger partial charge < -0.3 is 0 Å². The van der Waals surface area contributed by atoms with E-state index in [0.717, 1.165) is 18.9 Å². The Morgan fingerprint density at radius 2 is 1.89 bits per heavy atom. The number of halogens is 4. The van der Waals surface area contributed by atoms with Gasteiger partial charge in [0.2, 0.25) is 6.08 Å². The summed E-state index contributed by atoms with van der Waals surface area (Å²) in [7, 11) is 0. The molecule has 1 saturated carbocycles. The van der Waals surface area contributed by atoms with Crippen LogP contribution in [-0.4, -0.2) is 6.08 Å². The smallest absolute Gasteiger partial charge is 0.211 e. The largest absolute Gasteiger partial charge is 0.416 e. The maximum absolute atomic E-state index is 13.1. The summed E-state index contributed by atoms with van der Waals surface area (Å²) < 4.78 is 39.7. The van der Waals surface area contributed by atoms with Gasteiger partial charge in [-0.05, 0) is 25.0 Å².